The Morgan fingerprint density at radius 2 is 1.86 bits per heavy atom. The molecular formula is C2H4BrCaNO2. The van der Waals surface area contributed by atoms with Crippen molar-refractivity contribution in [1.82, 2.24) is 0 Å². The molecule has 0 aliphatic carbocycles. The van der Waals surface area contributed by atoms with Gasteiger partial charge in [-0.2, -0.15) is 0 Å². The minimum absolute atomic E-state index is 0. The van der Waals surface area contributed by atoms with Crippen molar-refractivity contribution in [1.29, 1.82) is 0 Å². The van der Waals surface area contributed by atoms with Crippen LogP contribution in [0.25, 0.3) is 0 Å². The first-order chi connectivity index (χ1) is 2.27. The van der Waals surface area contributed by atoms with Crippen molar-refractivity contribution in [3.05, 3.63) is 0 Å². The van der Waals surface area contributed by atoms with Gasteiger partial charge in [0.05, 0.1) is 5.97 Å². The summed E-state index contributed by atoms with van der Waals surface area (Å²) in [4.78, 5) is 9.13. The van der Waals surface area contributed by atoms with Crippen LogP contribution in [0.3, 0.4) is 0 Å². The smallest absolute Gasteiger partial charge is 1.00 e. The third kappa shape index (κ3) is 19.1. The van der Waals surface area contributed by atoms with Gasteiger partial charge in [0, 0.05) is 6.54 Å². The second kappa shape index (κ2) is 10.2. The Balaban J connectivity index is -0.0000000800. The van der Waals surface area contributed by atoms with Crippen molar-refractivity contribution in [3.8, 4) is 0 Å². The number of hydrogen-bond donors (Lipinski definition) is 1. The molecule has 0 bridgehead atoms. The van der Waals surface area contributed by atoms with Gasteiger partial charge in [-0.25, -0.2) is 0 Å². The van der Waals surface area contributed by atoms with E-state index in [-0.39, 0.29) is 61.3 Å². The molecule has 0 heterocycles. The molecule has 3 nitrogen and oxygen atoms in total. The van der Waals surface area contributed by atoms with E-state index in [0.717, 1.165) is 0 Å². The van der Waals surface area contributed by atoms with Crippen LogP contribution >= 0.6 is 0 Å². The maximum absolute atomic E-state index is 9.13. The number of carboxylic acids is 1. The number of nitrogens with two attached hydrogens (primary N) is 1. The fraction of sp³-hybridized carbons (Fsp3) is 0.500. The van der Waals surface area contributed by atoms with Crippen LogP contribution in [0, 0.1) is 0 Å². The van der Waals surface area contributed by atoms with Crippen LogP contribution in [-0.2, 0) is 4.79 Å². The molecule has 0 aromatic rings. The topological polar surface area (TPSA) is 66.2 Å². The van der Waals surface area contributed by atoms with E-state index < -0.39 is 5.97 Å². The van der Waals surface area contributed by atoms with Crippen LogP contribution in [0.15, 0.2) is 0 Å². The van der Waals surface area contributed by atoms with Crippen molar-refractivity contribution in [3.63, 3.8) is 0 Å². The van der Waals surface area contributed by atoms with Crippen LogP contribution in [0.5, 0.6) is 0 Å². The molecular weight excluding hydrogens is 190 g/mol. The van der Waals surface area contributed by atoms with Crippen molar-refractivity contribution < 1.29 is 26.9 Å². The standard InChI is InChI=1S/C2H5NO2.BrH.Ca/c3-1-2(4)5;;/h1,3H2,(H,4,5);1H;/q;;+2/p-2. The van der Waals surface area contributed by atoms with Gasteiger partial charge >= 0.3 is 37.7 Å². The first-order valence-electron chi connectivity index (χ1n) is 1.17. The van der Waals surface area contributed by atoms with Crippen LogP contribution in [0.1, 0.15) is 0 Å². The van der Waals surface area contributed by atoms with Gasteiger partial charge in [-0.1, -0.05) is 0 Å². The average molecular weight is 194 g/mol. The van der Waals surface area contributed by atoms with E-state index >= 15 is 0 Å². The minimum Gasteiger partial charge on any atom is -1.00 e. The number of halogens is 1. The Morgan fingerprint density at radius 1 is 1.71 bits per heavy atom. The summed E-state index contributed by atoms with van der Waals surface area (Å²) < 4.78 is 0. The molecule has 0 saturated heterocycles. The third-order valence-electron chi connectivity index (χ3n) is 0.167. The largest absolute Gasteiger partial charge is 2.00 e. The summed E-state index contributed by atoms with van der Waals surface area (Å²) in [7, 11) is 0. The summed E-state index contributed by atoms with van der Waals surface area (Å²) in [5.74, 6) is -1.22. The predicted octanol–water partition coefficient (Wildman–Crippen LogP) is -5.68. The Kier molecular flexibility index (Phi) is 22.9. The van der Waals surface area contributed by atoms with E-state index in [4.69, 9.17) is 9.90 Å². The molecule has 38 valence electrons. The van der Waals surface area contributed by atoms with Crippen molar-refractivity contribution in [2.24, 2.45) is 5.73 Å². The zero-order valence-corrected chi connectivity index (χ0v) is 7.48. The van der Waals surface area contributed by atoms with E-state index in [1.54, 1.807) is 0 Å². The van der Waals surface area contributed by atoms with E-state index in [9.17, 15) is 0 Å². The van der Waals surface area contributed by atoms with Gasteiger partial charge in [-0.05, 0) is 0 Å². The normalized spacial score (nSPS) is 5.29. The molecule has 0 aliphatic rings. The van der Waals surface area contributed by atoms with Crippen LogP contribution < -0.4 is 27.8 Å². The number of carboxylic acid groups (broad SMARTS) is 1. The van der Waals surface area contributed by atoms with E-state index in [0.29, 0.717) is 0 Å². The molecule has 0 radical (unpaired) electrons. The number of carbonyl (C=O) groups is 1. The molecule has 2 N–H and O–H groups in total. The van der Waals surface area contributed by atoms with E-state index in [1.807, 2.05) is 0 Å². The van der Waals surface area contributed by atoms with Crippen LogP contribution in [-0.4, -0.2) is 50.3 Å². The third-order valence-corrected chi connectivity index (χ3v) is 0.167. The Hall–Kier alpha value is 1.17. The molecule has 0 aliphatic heterocycles. The molecule has 0 unspecified atom stereocenters. The van der Waals surface area contributed by atoms with Gasteiger partial charge in [0.1, 0.15) is 0 Å². The number of rotatable bonds is 1. The fourth-order valence-electron chi connectivity index (χ4n) is 0. The second-order valence-electron chi connectivity index (χ2n) is 0.576. The minimum atomic E-state index is -1.22. The maximum Gasteiger partial charge on any atom is 2.00 e. The van der Waals surface area contributed by atoms with Gasteiger partial charge < -0.3 is 32.6 Å². The second-order valence-corrected chi connectivity index (χ2v) is 0.576. The van der Waals surface area contributed by atoms with Gasteiger partial charge in [0.25, 0.3) is 0 Å². The average Bonchev–Trinajstić information content (AvgIpc) is 1.38. The Labute approximate surface area is 82.0 Å². The molecule has 0 saturated carbocycles. The van der Waals surface area contributed by atoms with Gasteiger partial charge in [-0.3, -0.25) is 0 Å². The molecule has 0 amide bonds. The zero-order chi connectivity index (χ0) is 4.28. The predicted molar refractivity (Wildman–Crippen MR) is 19.8 cm³/mol. The number of hydrogen-bond acceptors (Lipinski definition) is 3. The Morgan fingerprint density at radius 3 is 1.86 bits per heavy atom. The summed E-state index contributed by atoms with van der Waals surface area (Å²) >= 11 is 0. The fourth-order valence-corrected chi connectivity index (χ4v) is 0. The molecule has 0 aromatic heterocycles. The molecule has 0 rings (SSSR count). The number of aliphatic carboxylic acids is 1. The Bertz CT molecular complexity index is 51.0. The van der Waals surface area contributed by atoms with Crippen molar-refractivity contribution in [2.75, 3.05) is 6.54 Å². The maximum atomic E-state index is 9.13. The van der Waals surface area contributed by atoms with Crippen molar-refractivity contribution in [2.45, 2.75) is 0 Å². The molecule has 0 aromatic carbocycles. The zero-order valence-electron chi connectivity index (χ0n) is 3.69. The summed E-state index contributed by atoms with van der Waals surface area (Å²) in [6.45, 7) is -0.389. The molecule has 0 spiro atoms. The van der Waals surface area contributed by atoms with E-state index in [2.05, 4.69) is 5.73 Å². The summed E-state index contributed by atoms with van der Waals surface area (Å²) in [6, 6.07) is 0. The monoisotopic (exact) mass is 193 g/mol. The van der Waals surface area contributed by atoms with Gasteiger partial charge in [0.2, 0.25) is 0 Å². The molecule has 7 heavy (non-hydrogen) atoms. The van der Waals surface area contributed by atoms with E-state index in [1.165, 1.54) is 0 Å². The first-order valence-corrected chi connectivity index (χ1v) is 1.17. The summed E-state index contributed by atoms with van der Waals surface area (Å²) in [5, 5.41) is 9.13. The van der Waals surface area contributed by atoms with Gasteiger partial charge in [-0.15, -0.1) is 0 Å². The molecule has 0 atom stereocenters. The first kappa shape index (κ1) is 15.7. The molecule has 5 heteroatoms. The van der Waals surface area contributed by atoms with Crippen molar-refractivity contribution >= 4 is 43.7 Å². The molecule has 0 fully saturated rings. The summed E-state index contributed by atoms with van der Waals surface area (Å²) in [5.41, 5.74) is 4.51. The van der Waals surface area contributed by atoms with Crippen LogP contribution in [0.2, 0.25) is 0 Å². The summed E-state index contributed by atoms with van der Waals surface area (Å²) in [6.07, 6.45) is 0. The van der Waals surface area contributed by atoms with Crippen LogP contribution in [0.4, 0.5) is 0 Å². The van der Waals surface area contributed by atoms with Gasteiger partial charge in [0.15, 0.2) is 0 Å². The number of carbonyl (C=O) groups excluding carboxylic acids is 1. The quantitative estimate of drug-likeness (QED) is 0.423. The SMILES string of the molecule is NCC(=O)[O-].[Br-].[Ca+2].